The molecule has 0 bridgehead atoms. The summed E-state index contributed by atoms with van der Waals surface area (Å²) in [6, 6.07) is 8.13. The lowest BCUT2D eigenvalue weighted by atomic mass is 10.1. The summed E-state index contributed by atoms with van der Waals surface area (Å²) in [5.41, 5.74) is 2.29. The van der Waals surface area contributed by atoms with Crippen LogP contribution in [-0.4, -0.2) is 37.0 Å². The van der Waals surface area contributed by atoms with E-state index in [0.29, 0.717) is 6.54 Å². The van der Waals surface area contributed by atoms with Crippen LogP contribution in [0, 0.1) is 6.92 Å². The molecule has 1 heterocycles. The van der Waals surface area contributed by atoms with Crippen molar-refractivity contribution in [3.05, 3.63) is 35.4 Å². The molecule has 0 aliphatic carbocycles. The third-order valence-electron chi connectivity index (χ3n) is 2.97. The van der Waals surface area contributed by atoms with Crippen LogP contribution in [0.25, 0.3) is 0 Å². The standard InChI is InChI=1S/C12H17NO2S2/c1-10-3-5-11(6-4-10)12-9-16-8-7-13(12)17(2,14)15/h3-6,12H,7-9H2,1-2H3. The Morgan fingerprint density at radius 3 is 2.53 bits per heavy atom. The molecule has 0 radical (unpaired) electrons. The summed E-state index contributed by atoms with van der Waals surface area (Å²) in [4.78, 5) is 0. The highest BCUT2D eigenvalue weighted by Gasteiger charge is 2.30. The Bertz CT molecular complexity index is 482. The minimum atomic E-state index is -3.11. The van der Waals surface area contributed by atoms with Crippen LogP contribution >= 0.6 is 11.8 Å². The van der Waals surface area contributed by atoms with Crippen LogP contribution in [0.2, 0.25) is 0 Å². The molecule has 1 aromatic carbocycles. The van der Waals surface area contributed by atoms with Gasteiger partial charge < -0.3 is 0 Å². The largest absolute Gasteiger partial charge is 0.212 e. The molecule has 0 amide bonds. The third-order valence-corrected chi connectivity index (χ3v) is 5.28. The van der Waals surface area contributed by atoms with Gasteiger partial charge in [-0.15, -0.1) is 0 Å². The first kappa shape index (κ1) is 12.9. The fourth-order valence-electron chi connectivity index (χ4n) is 2.04. The van der Waals surface area contributed by atoms with Gasteiger partial charge in [0.2, 0.25) is 10.0 Å². The summed E-state index contributed by atoms with van der Waals surface area (Å²) >= 11 is 1.82. The molecule has 0 saturated carbocycles. The Morgan fingerprint density at radius 2 is 1.94 bits per heavy atom. The molecule has 1 saturated heterocycles. The van der Waals surface area contributed by atoms with Crippen molar-refractivity contribution in [3.63, 3.8) is 0 Å². The highest BCUT2D eigenvalue weighted by Crippen LogP contribution is 2.31. The molecule has 1 unspecified atom stereocenters. The van der Waals surface area contributed by atoms with E-state index in [1.807, 2.05) is 43.0 Å². The number of hydrogen-bond donors (Lipinski definition) is 0. The van der Waals surface area contributed by atoms with Gasteiger partial charge in [-0.3, -0.25) is 0 Å². The smallest absolute Gasteiger partial charge is 0.211 e. The van der Waals surface area contributed by atoms with E-state index in [2.05, 4.69) is 0 Å². The van der Waals surface area contributed by atoms with E-state index in [1.165, 1.54) is 11.8 Å². The minimum absolute atomic E-state index is 0.00986. The minimum Gasteiger partial charge on any atom is -0.212 e. The average molecular weight is 271 g/mol. The van der Waals surface area contributed by atoms with Crippen LogP contribution in [0.1, 0.15) is 17.2 Å². The molecule has 3 nitrogen and oxygen atoms in total. The van der Waals surface area contributed by atoms with Crippen LogP contribution in [0.4, 0.5) is 0 Å². The summed E-state index contributed by atoms with van der Waals surface area (Å²) in [6.45, 7) is 2.65. The maximum atomic E-state index is 11.8. The topological polar surface area (TPSA) is 37.4 Å². The van der Waals surface area contributed by atoms with Gasteiger partial charge in [0, 0.05) is 18.1 Å². The molecule has 2 rings (SSSR count). The molecular weight excluding hydrogens is 254 g/mol. The molecule has 5 heteroatoms. The Morgan fingerprint density at radius 1 is 1.29 bits per heavy atom. The first-order valence-corrected chi connectivity index (χ1v) is 8.60. The molecule has 0 N–H and O–H groups in total. The molecule has 1 aromatic rings. The van der Waals surface area contributed by atoms with Crippen molar-refractivity contribution >= 4 is 21.8 Å². The molecule has 1 aliphatic heterocycles. The summed E-state index contributed by atoms with van der Waals surface area (Å²) in [7, 11) is -3.11. The second-order valence-electron chi connectivity index (χ2n) is 4.38. The number of hydrogen-bond acceptors (Lipinski definition) is 3. The molecule has 0 spiro atoms. The molecule has 1 atom stereocenters. The zero-order valence-corrected chi connectivity index (χ0v) is 11.7. The Kier molecular flexibility index (Phi) is 3.80. The fraction of sp³-hybridized carbons (Fsp3) is 0.500. The summed E-state index contributed by atoms with van der Waals surface area (Å²) in [6.07, 6.45) is 1.30. The zero-order chi connectivity index (χ0) is 12.5. The molecule has 1 aliphatic rings. The van der Waals surface area contributed by atoms with Crippen LogP contribution in [-0.2, 0) is 10.0 Å². The summed E-state index contributed by atoms with van der Waals surface area (Å²) < 4.78 is 25.1. The quantitative estimate of drug-likeness (QED) is 0.826. The number of nitrogens with zero attached hydrogens (tertiary/aromatic N) is 1. The van der Waals surface area contributed by atoms with Crippen LogP contribution in [0.3, 0.4) is 0 Å². The number of thioether (sulfide) groups is 1. The molecule has 94 valence electrons. The SMILES string of the molecule is Cc1ccc(C2CSCCN2S(C)(=O)=O)cc1. The van der Waals surface area contributed by atoms with Gasteiger partial charge in [0.05, 0.1) is 12.3 Å². The van der Waals surface area contributed by atoms with Gasteiger partial charge in [0.15, 0.2) is 0 Å². The van der Waals surface area contributed by atoms with E-state index < -0.39 is 10.0 Å². The number of rotatable bonds is 2. The monoisotopic (exact) mass is 271 g/mol. The Hall–Kier alpha value is -0.520. The van der Waals surface area contributed by atoms with E-state index in [-0.39, 0.29) is 6.04 Å². The second-order valence-corrected chi connectivity index (χ2v) is 7.46. The lowest BCUT2D eigenvalue weighted by Gasteiger charge is -2.33. The number of benzene rings is 1. The predicted molar refractivity (Wildman–Crippen MR) is 72.8 cm³/mol. The van der Waals surface area contributed by atoms with Crippen molar-refractivity contribution in [2.24, 2.45) is 0 Å². The van der Waals surface area contributed by atoms with E-state index in [9.17, 15) is 8.42 Å². The van der Waals surface area contributed by atoms with Gasteiger partial charge in [-0.25, -0.2) is 8.42 Å². The van der Waals surface area contributed by atoms with E-state index in [4.69, 9.17) is 0 Å². The normalized spacial score (nSPS) is 22.6. The van der Waals surface area contributed by atoms with Gasteiger partial charge in [0.1, 0.15) is 0 Å². The highest BCUT2D eigenvalue weighted by atomic mass is 32.2. The van der Waals surface area contributed by atoms with Crippen molar-refractivity contribution in [3.8, 4) is 0 Å². The van der Waals surface area contributed by atoms with Crippen molar-refractivity contribution < 1.29 is 8.42 Å². The Labute approximate surface area is 107 Å². The average Bonchev–Trinajstić information content (AvgIpc) is 2.29. The lowest BCUT2D eigenvalue weighted by molar-refractivity contribution is 0.358. The van der Waals surface area contributed by atoms with Crippen LogP contribution in [0.5, 0.6) is 0 Å². The number of aryl methyl sites for hydroxylation is 1. The molecule has 1 fully saturated rings. The summed E-state index contributed by atoms with van der Waals surface area (Å²) in [5, 5.41) is 0. The van der Waals surface area contributed by atoms with Crippen LogP contribution in [0.15, 0.2) is 24.3 Å². The van der Waals surface area contributed by atoms with Crippen molar-refractivity contribution in [1.82, 2.24) is 4.31 Å². The second kappa shape index (κ2) is 5.00. The first-order chi connectivity index (χ1) is 7.98. The van der Waals surface area contributed by atoms with Gasteiger partial charge >= 0.3 is 0 Å². The zero-order valence-electron chi connectivity index (χ0n) is 10.1. The first-order valence-electron chi connectivity index (χ1n) is 5.59. The van der Waals surface area contributed by atoms with Gasteiger partial charge in [-0.05, 0) is 12.5 Å². The van der Waals surface area contributed by atoms with Crippen LogP contribution < -0.4 is 0 Å². The maximum Gasteiger partial charge on any atom is 0.211 e. The predicted octanol–water partition coefficient (Wildman–Crippen LogP) is 2.04. The Balaban J connectivity index is 2.31. The van der Waals surface area contributed by atoms with Crippen molar-refractivity contribution in [2.45, 2.75) is 13.0 Å². The maximum absolute atomic E-state index is 11.8. The highest BCUT2D eigenvalue weighted by molar-refractivity contribution is 7.99. The third kappa shape index (κ3) is 3.03. The number of sulfonamides is 1. The lowest BCUT2D eigenvalue weighted by Crippen LogP contribution is -2.40. The molecule has 17 heavy (non-hydrogen) atoms. The molecular formula is C12H17NO2S2. The summed E-state index contributed by atoms with van der Waals surface area (Å²) in [5.74, 6) is 1.73. The van der Waals surface area contributed by atoms with E-state index in [1.54, 1.807) is 4.31 Å². The van der Waals surface area contributed by atoms with E-state index in [0.717, 1.165) is 17.1 Å². The van der Waals surface area contributed by atoms with Gasteiger partial charge in [-0.1, -0.05) is 29.8 Å². The van der Waals surface area contributed by atoms with Crippen molar-refractivity contribution in [1.29, 1.82) is 0 Å². The van der Waals surface area contributed by atoms with Crippen molar-refractivity contribution in [2.75, 3.05) is 24.3 Å². The van der Waals surface area contributed by atoms with Gasteiger partial charge in [0.25, 0.3) is 0 Å². The van der Waals surface area contributed by atoms with E-state index >= 15 is 0 Å². The fourth-order valence-corrected chi connectivity index (χ4v) is 4.42. The molecule has 0 aromatic heterocycles. The van der Waals surface area contributed by atoms with Gasteiger partial charge in [-0.2, -0.15) is 16.1 Å².